The fourth-order valence-corrected chi connectivity index (χ4v) is 3.95. The second-order valence-corrected chi connectivity index (χ2v) is 7.49. The molecule has 1 aliphatic carbocycles. The normalized spacial score (nSPS) is 20.1. The van der Waals surface area contributed by atoms with E-state index in [0.29, 0.717) is 17.1 Å². The van der Waals surface area contributed by atoms with E-state index >= 15 is 0 Å². The summed E-state index contributed by atoms with van der Waals surface area (Å²) in [5.74, 6) is -0.601. The molecule has 0 bridgehead atoms. The summed E-state index contributed by atoms with van der Waals surface area (Å²) in [6, 6.07) is 13.2. The Morgan fingerprint density at radius 2 is 1.97 bits per heavy atom. The number of pyridine rings is 1. The van der Waals surface area contributed by atoms with Crippen LogP contribution in [-0.4, -0.2) is 23.7 Å². The molecule has 0 spiro atoms. The van der Waals surface area contributed by atoms with Gasteiger partial charge in [-0.15, -0.1) is 0 Å². The number of nitrogens with zero attached hydrogens (tertiary/aromatic N) is 2. The van der Waals surface area contributed by atoms with Crippen molar-refractivity contribution in [3.05, 3.63) is 77.5 Å². The van der Waals surface area contributed by atoms with Crippen LogP contribution in [-0.2, 0) is 0 Å². The van der Waals surface area contributed by atoms with Crippen LogP contribution >= 0.6 is 0 Å². The Bertz CT molecular complexity index is 1240. The molecule has 1 unspecified atom stereocenters. The number of anilines is 1. The average Bonchev–Trinajstić information content (AvgIpc) is 3.50. The molecule has 160 valence electrons. The maximum absolute atomic E-state index is 14.2. The fraction of sp³-hybridized carbons (Fsp3) is 0.174. The SMILES string of the molecule is N#Cc1ccccc1Oc1ccc(NC(=O)NC2[C@H]3COc4c(F)ccc(F)c4[C@@H]23)nc1. The second-order valence-electron chi connectivity index (χ2n) is 7.49. The smallest absolute Gasteiger partial charge is 0.320 e. The Balaban J connectivity index is 1.21. The van der Waals surface area contributed by atoms with Crippen LogP contribution < -0.4 is 20.1 Å². The third kappa shape index (κ3) is 3.56. The van der Waals surface area contributed by atoms with Gasteiger partial charge in [0.1, 0.15) is 29.2 Å². The quantitative estimate of drug-likeness (QED) is 0.638. The molecule has 7 nitrogen and oxygen atoms in total. The summed E-state index contributed by atoms with van der Waals surface area (Å²) < 4.78 is 39.1. The highest BCUT2D eigenvalue weighted by molar-refractivity contribution is 5.89. The molecule has 1 fully saturated rings. The maximum atomic E-state index is 14.2. The van der Waals surface area contributed by atoms with E-state index in [1.807, 2.05) is 6.07 Å². The zero-order chi connectivity index (χ0) is 22.2. The van der Waals surface area contributed by atoms with Crippen molar-refractivity contribution in [3.63, 3.8) is 0 Å². The zero-order valence-corrected chi connectivity index (χ0v) is 16.5. The predicted octanol–water partition coefficient (Wildman–Crippen LogP) is 4.32. The number of hydrogen-bond donors (Lipinski definition) is 2. The number of aromatic nitrogens is 1. The lowest BCUT2D eigenvalue weighted by molar-refractivity contribution is 0.247. The van der Waals surface area contributed by atoms with Crippen LogP contribution in [0.15, 0.2) is 54.7 Å². The Kier molecular flexibility index (Phi) is 4.82. The second kappa shape index (κ2) is 7.81. The van der Waals surface area contributed by atoms with Gasteiger partial charge in [-0.1, -0.05) is 12.1 Å². The number of hydrogen-bond acceptors (Lipinski definition) is 5. The van der Waals surface area contributed by atoms with Crippen LogP contribution in [0.5, 0.6) is 17.2 Å². The van der Waals surface area contributed by atoms with E-state index < -0.39 is 17.7 Å². The van der Waals surface area contributed by atoms with E-state index in [4.69, 9.17) is 14.7 Å². The zero-order valence-electron chi connectivity index (χ0n) is 16.5. The van der Waals surface area contributed by atoms with Crippen molar-refractivity contribution in [2.45, 2.75) is 12.0 Å². The number of ether oxygens (including phenoxy) is 2. The molecule has 2 N–H and O–H groups in total. The minimum absolute atomic E-state index is 0.0776. The highest BCUT2D eigenvalue weighted by Crippen LogP contribution is 2.55. The highest BCUT2D eigenvalue weighted by Gasteiger charge is 2.57. The molecule has 5 rings (SSSR count). The van der Waals surface area contributed by atoms with E-state index in [2.05, 4.69) is 15.6 Å². The van der Waals surface area contributed by atoms with Crippen molar-refractivity contribution >= 4 is 11.8 Å². The van der Waals surface area contributed by atoms with Gasteiger partial charge in [0.05, 0.1) is 18.4 Å². The molecule has 0 saturated heterocycles. The highest BCUT2D eigenvalue weighted by atomic mass is 19.1. The van der Waals surface area contributed by atoms with Gasteiger partial charge in [-0.2, -0.15) is 5.26 Å². The number of carbonyl (C=O) groups is 1. The van der Waals surface area contributed by atoms with E-state index in [1.165, 1.54) is 6.20 Å². The van der Waals surface area contributed by atoms with Gasteiger partial charge in [0.15, 0.2) is 11.6 Å². The van der Waals surface area contributed by atoms with Crippen molar-refractivity contribution in [1.82, 2.24) is 10.3 Å². The lowest BCUT2D eigenvalue weighted by Gasteiger charge is -2.16. The topological polar surface area (TPSA) is 96.3 Å². The Hall–Kier alpha value is -4.19. The minimum atomic E-state index is -0.612. The predicted molar refractivity (Wildman–Crippen MR) is 109 cm³/mol. The summed E-state index contributed by atoms with van der Waals surface area (Å²) >= 11 is 0. The average molecular weight is 434 g/mol. The van der Waals surface area contributed by atoms with Crippen molar-refractivity contribution in [3.8, 4) is 23.3 Å². The Morgan fingerprint density at radius 3 is 2.75 bits per heavy atom. The van der Waals surface area contributed by atoms with Crippen LogP contribution in [0.1, 0.15) is 17.0 Å². The van der Waals surface area contributed by atoms with Crippen LogP contribution in [0.4, 0.5) is 19.4 Å². The maximum Gasteiger partial charge on any atom is 0.320 e. The third-order valence-corrected chi connectivity index (χ3v) is 5.53. The van der Waals surface area contributed by atoms with E-state index in [0.717, 1.165) is 12.1 Å². The van der Waals surface area contributed by atoms with Gasteiger partial charge in [0.2, 0.25) is 0 Å². The Morgan fingerprint density at radius 1 is 1.16 bits per heavy atom. The molecule has 3 aromatic rings. The van der Waals surface area contributed by atoms with Crippen LogP contribution in [0.25, 0.3) is 0 Å². The van der Waals surface area contributed by atoms with E-state index in [1.54, 1.807) is 36.4 Å². The number of para-hydroxylation sites is 1. The monoisotopic (exact) mass is 434 g/mol. The number of carbonyl (C=O) groups excluding carboxylic acids is 1. The van der Waals surface area contributed by atoms with Gasteiger partial charge in [-0.05, 0) is 36.4 Å². The van der Waals surface area contributed by atoms with Crippen LogP contribution in [0, 0.1) is 28.9 Å². The first-order valence-electron chi connectivity index (χ1n) is 9.86. The molecular weight excluding hydrogens is 418 g/mol. The molecule has 1 saturated carbocycles. The number of nitrogens with one attached hydrogen (secondary N) is 2. The van der Waals surface area contributed by atoms with Gasteiger partial charge in [0.25, 0.3) is 0 Å². The van der Waals surface area contributed by atoms with Crippen molar-refractivity contribution < 1.29 is 23.0 Å². The summed E-state index contributed by atoms with van der Waals surface area (Å²) in [6.07, 6.45) is 1.42. The Labute approximate surface area is 181 Å². The fourth-order valence-electron chi connectivity index (χ4n) is 3.95. The first-order valence-corrected chi connectivity index (χ1v) is 9.86. The van der Waals surface area contributed by atoms with Gasteiger partial charge < -0.3 is 14.8 Å². The summed E-state index contributed by atoms with van der Waals surface area (Å²) in [5, 5.41) is 14.5. The van der Waals surface area contributed by atoms with Crippen molar-refractivity contribution in [2.75, 3.05) is 11.9 Å². The molecule has 2 aliphatic rings. The van der Waals surface area contributed by atoms with Crippen LogP contribution in [0.3, 0.4) is 0 Å². The number of amides is 2. The van der Waals surface area contributed by atoms with Crippen molar-refractivity contribution in [1.29, 1.82) is 5.26 Å². The lowest BCUT2D eigenvalue weighted by atomic mass is 10.0. The van der Waals surface area contributed by atoms with Crippen LogP contribution in [0.2, 0.25) is 0 Å². The largest absolute Gasteiger partial charge is 0.490 e. The summed E-state index contributed by atoms with van der Waals surface area (Å²) in [4.78, 5) is 16.5. The van der Waals surface area contributed by atoms with Crippen molar-refractivity contribution in [2.24, 2.45) is 5.92 Å². The number of fused-ring (bicyclic) bond motifs is 3. The number of benzene rings is 2. The summed E-state index contributed by atoms with van der Waals surface area (Å²) in [6.45, 7) is 0.206. The molecule has 1 aromatic heterocycles. The summed E-state index contributed by atoms with van der Waals surface area (Å²) in [5.41, 5.74) is 0.561. The number of halogens is 2. The molecule has 0 radical (unpaired) electrons. The van der Waals surface area contributed by atoms with Gasteiger partial charge in [0, 0.05) is 23.4 Å². The molecule has 3 atom stereocenters. The number of urea groups is 1. The molecule has 2 heterocycles. The first-order chi connectivity index (χ1) is 15.5. The molecule has 9 heteroatoms. The number of rotatable bonds is 4. The van der Waals surface area contributed by atoms with E-state index in [-0.39, 0.29) is 41.6 Å². The third-order valence-electron chi connectivity index (χ3n) is 5.53. The van der Waals surface area contributed by atoms with E-state index in [9.17, 15) is 13.6 Å². The lowest BCUT2D eigenvalue weighted by Crippen LogP contribution is -2.32. The molecule has 2 amide bonds. The standard InChI is InChI=1S/C23H16F2N4O3/c24-15-6-7-16(25)22-20(15)19-14(11-31-22)21(19)29-23(30)28-18-8-5-13(10-27-18)32-17-4-2-1-3-12(17)9-26/h1-8,10,14,19,21H,11H2,(H2,27,28,29,30)/t14-,19-,21?/m0/s1. The van der Waals surface area contributed by atoms with Gasteiger partial charge in [-0.25, -0.2) is 18.6 Å². The first kappa shape index (κ1) is 19.8. The minimum Gasteiger partial charge on any atom is -0.490 e. The molecular formula is C23H16F2N4O3. The number of nitriles is 1. The molecule has 1 aliphatic heterocycles. The molecule has 2 aromatic carbocycles. The molecule has 32 heavy (non-hydrogen) atoms. The van der Waals surface area contributed by atoms with Gasteiger partial charge >= 0.3 is 6.03 Å². The summed E-state index contributed by atoms with van der Waals surface area (Å²) in [7, 11) is 0. The van der Waals surface area contributed by atoms with Gasteiger partial charge in [-0.3, -0.25) is 5.32 Å².